The van der Waals surface area contributed by atoms with Gasteiger partial charge in [-0.2, -0.15) is 0 Å². The Labute approximate surface area is 123 Å². The van der Waals surface area contributed by atoms with Crippen LogP contribution in [0, 0.1) is 17.0 Å². The van der Waals surface area contributed by atoms with E-state index >= 15 is 0 Å². The summed E-state index contributed by atoms with van der Waals surface area (Å²) in [5.74, 6) is 0. The molecule has 0 spiro atoms. The lowest BCUT2D eigenvalue weighted by Crippen LogP contribution is -2.10. The van der Waals surface area contributed by atoms with Crippen LogP contribution in [0.2, 0.25) is 0 Å². The van der Waals surface area contributed by atoms with Gasteiger partial charge in [-0.15, -0.1) is 0 Å². The first-order valence-corrected chi connectivity index (χ1v) is 6.47. The Morgan fingerprint density at radius 3 is 2.48 bits per heavy atom. The summed E-state index contributed by atoms with van der Waals surface area (Å²) in [6, 6.07) is 10.4. The van der Waals surface area contributed by atoms with Gasteiger partial charge in [-0.1, -0.05) is 6.07 Å². The van der Waals surface area contributed by atoms with Gasteiger partial charge >= 0.3 is 0 Å². The van der Waals surface area contributed by atoms with E-state index in [0.717, 1.165) is 11.4 Å². The van der Waals surface area contributed by atoms with E-state index in [2.05, 4.69) is 5.32 Å². The molecule has 0 aliphatic carbocycles. The highest BCUT2D eigenvalue weighted by molar-refractivity contribution is 5.76. The number of nitrogens with two attached hydrogens (primary N) is 1. The average molecular weight is 286 g/mol. The minimum atomic E-state index is -0.462. The van der Waals surface area contributed by atoms with Gasteiger partial charge in [-0.25, -0.2) is 0 Å². The first kappa shape index (κ1) is 14.6. The summed E-state index contributed by atoms with van der Waals surface area (Å²) in [5, 5.41) is 13.9. The van der Waals surface area contributed by atoms with Crippen molar-refractivity contribution in [2.45, 2.75) is 6.92 Å². The predicted molar refractivity (Wildman–Crippen MR) is 86.3 cm³/mol. The number of rotatable bonds is 4. The van der Waals surface area contributed by atoms with E-state index < -0.39 is 4.92 Å². The molecule has 0 heterocycles. The van der Waals surface area contributed by atoms with Gasteiger partial charge in [0.2, 0.25) is 0 Å². The van der Waals surface area contributed by atoms with E-state index in [1.165, 1.54) is 17.7 Å². The fourth-order valence-electron chi connectivity index (χ4n) is 2.10. The Morgan fingerprint density at radius 1 is 1.19 bits per heavy atom. The zero-order valence-corrected chi connectivity index (χ0v) is 12.3. The molecule has 0 atom stereocenters. The van der Waals surface area contributed by atoms with E-state index in [4.69, 9.17) is 5.73 Å². The minimum absolute atomic E-state index is 0.0177. The highest BCUT2D eigenvalue weighted by atomic mass is 16.6. The predicted octanol–water partition coefficient (Wildman–Crippen LogP) is 3.30. The Balaban J connectivity index is 2.30. The maximum absolute atomic E-state index is 10.7. The number of nitrogens with zero attached hydrogens (tertiary/aromatic N) is 2. The molecular formula is C15H18N4O2. The summed E-state index contributed by atoms with van der Waals surface area (Å²) < 4.78 is 0. The topological polar surface area (TPSA) is 84.4 Å². The Morgan fingerprint density at radius 2 is 1.90 bits per heavy atom. The van der Waals surface area contributed by atoms with Crippen molar-refractivity contribution in [3.63, 3.8) is 0 Å². The number of hydrogen-bond acceptors (Lipinski definition) is 5. The molecule has 0 unspecified atom stereocenters. The maximum Gasteiger partial charge on any atom is 0.271 e. The van der Waals surface area contributed by atoms with Crippen LogP contribution in [0.1, 0.15) is 5.56 Å². The highest BCUT2D eigenvalue weighted by Gasteiger charge is 2.09. The number of aryl methyl sites for hydroxylation is 1. The summed E-state index contributed by atoms with van der Waals surface area (Å²) in [6.07, 6.45) is 0. The Bertz CT molecular complexity index is 683. The van der Waals surface area contributed by atoms with E-state index in [0.29, 0.717) is 11.4 Å². The molecule has 110 valence electrons. The molecule has 6 nitrogen and oxygen atoms in total. The summed E-state index contributed by atoms with van der Waals surface area (Å²) >= 11 is 0. The first-order chi connectivity index (χ1) is 9.88. The van der Waals surface area contributed by atoms with Crippen molar-refractivity contribution in [1.29, 1.82) is 0 Å². The standard InChI is InChI=1S/C15H18N4O2/c1-10-4-5-11(8-15(10)18(2)3)17-14-7-6-12(19(20)21)9-13(14)16/h4-9,17H,16H2,1-3H3. The summed E-state index contributed by atoms with van der Waals surface area (Å²) in [5.41, 5.74) is 9.98. The quantitative estimate of drug-likeness (QED) is 0.512. The van der Waals surface area contributed by atoms with Crippen molar-refractivity contribution in [2.75, 3.05) is 30.0 Å². The molecule has 21 heavy (non-hydrogen) atoms. The fourth-order valence-corrected chi connectivity index (χ4v) is 2.10. The molecule has 2 aromatic carbocycles. The van der Waals surface area contributed by atoms with Gasteiger partial charge < -0.3 is 16.0 Å². The smallest absolute Gasteiger partial charge is 0.271 e. The van der Waals surface area contributed by atoms with Crippen molar-refractivity contribution in [3.8, 4) is 0 Å². The molecule has 6 heteroatoms. The molecule has 2 rings (SSSR count). The van der Waals surface area contributed by atoms with Crippen molar-refractivity contribution >= 4 is 28.4 Å². The van der Waals surface area contributed by atoms with Crippen LogP contribution < -0.4 is 16.0 Å². The van der Waals surface area contributed by atoms with E-state index in [1.807, 2.05) is 44.1 Å². The lowest BCUT2D eigenvalue weighted by Gasteiger charge is -2.18. The summed E-state index contributed by atoms with van der Waals surface area (Å²) in [7, 11) is 3.96. The second-order valence-electron chi connectivity index (χ2n) is 5.05. The molecule has 0 bridgehead atoms. The Kier molecular flexibility index (Phi) is 3.98. The second kappa shape index (κ2) is 5.70. The molecular weight excluding hydrogens is 268 g/mol. The molecule has 0 saturated heterocycles. The molecule has 0 aliphatic heterocycles. The van der Waals surface area contributed by atoms with Crippen LogP contribution in [0.25, 0.3) is 0 Å². The maximum atomic E-state index is 10.7. The largest absolute Gasteiger partial charge is 0.397 e. The van der Waals surface area contributed by atoms with Crippen LogP contribution in [0.4, 0.5) is 28.4 Å². The zero-order valence-electron chi connectivity index (χ0n) is 12.3. The number of benzene rings is 2. The third-order valence-corrected chi connectivity index (χ3v) is 3.22. The third-order valence-electron chi connectivity index (χ3n) is 3.22. The number of nitrogen functional groups attached to an aromatic ring is 1. The lowest BCUT2D eigenvalue weighted by molar-refractivity contribution is -0.384. The van der Waals surface area contributed by atoms with Crippen LogP contribution >= 0.6 is 0 Å². The van der Waals surface area contributed by atoms with Crippen LogP contribution in [0.5, 0.6) is 0 Å². The average Bonchev–Trinajstić information content (AvgIpc) is 2.42. The molecule has 2 aromatic rings. The number of non-ortho nitro benzene ring substituents is 1. The van der Waals surface area contributed by atoms with Crippen molar-refractivity contribution in [1.82, 2.24) is 0 Å². The van der Waals surface area contributed by atoms with Gasteiger partial charge in [0.25, 0.3) is 5.69 Å². The summed E-state index contributed by atoms with van der Waals surface area (Å²) in [6.45, 7) is 2.04. The fraction of sp³-hybridized carbons (Fsp3) is 0.200. The van der Waals surface area contributed by atoms with E-state index in [-0.39, 0.29) is 5.69 Å². The number of hydrogen-bond donors (Lipinski definition) is 2. The summed E-state index contributed by atoms with van der Waals surface area (Å²) in [4.78, 5) is 12.3. The van der Waals surface area contributed by atoms with E-state index in [9.17, 15) is 10.1 Å². The molecule has 0 aromatic heterocycles. The van der Waals surface area contributed by atoms with Gasteiger partial charge in [0.05, 0.1) is 16.3 Å². The molecule has 3 N–H and O–H groups in total. The zero-order chi connectivity index (χ0) is 15.6. The highest BCUT2D eigenvalue weighted by Crippen LogP contribution is 2.29. The van der Waals surface area contributed by atoms with Crippen LogP contribution in [-0.4, -0.2) is 19.0 Å². The van der Waals surface area contributed by atoms with Crippen molar-refractivity contribution in [2.24, 2.45) is 0 Å². The molecule has 0 fully saturated rings. The van der Waals surface area contributed by atoms with Crippen molar-refractivity contribution < 1.29 is 4.92 Å². The van der Waals surface area contributed by atoms with Crippen molar-refractivity contribution in [3.05, 3.63) is 52.1 Å². The number of nitrogens with one attached hydrogen (secondary N) is 1. The van der Waals surface area contributed by atoms with Crippen LogP contribution in [-0.2, 0) is 0 Å². The Hall–Kier alpha value is -2.76. The van der Waals surface area contributed by atoms with Gasteiger partial charge in [0.15, 0.2) is 0 Å². The monoisotopic (exact) mass is 286 g/mol. The first-order valence-electron chi connectivity index (χ1n) is 6.47. The van der Waals surface area contributed by atoms with Gasteiger partial charge in [0, 0.05) is 37.6 Å². The molecule has 0 saturated carbocycles. The number of nitro groups is 1. The SMILES string of the molecule is Cc1ccc(Nc2ccc([N+](=O)[O-])cc2N)cc1N(C)C. The van der Waals surface area contributed by atoms with E-state index in [1.54, 1.807) is 6.07 Å². The van der Waals surface area contributed by atoms with Gasteiger partial charge in [0.1, 0.15) is 0 Å². The van der Waals surface area contributed by atoms with Gasteiger partial charge in [-0.3, -0.25) is 10.1 Å². The number of nitro benzene ring substituents is 1. The van der Waals surface area contributed by atoms with Crippen LogP contribution in [0.15, 0.2) is 36.4 Å². The molecule has 0 radical (unpaired) electrons. The third kappa shape index (κ3) is 3.22. The minimum Gasteiger partial charge on any atom is -0.397 e. The van der Waals surface area contributed by atoms with Gasteiger partial charge in [-0.05, 0) is 30.7 Å². The molecule has 0 aliphatic rings. The second-order valence-corrected chi connectivity index (χ2v) is 5.05. The lowest BCUT2D eigenvalue weighted by atomic mass is 10.1. The normalized spacial score (nSPS) is 10.2. The number of anilines is 4. The van der Waals surface area contributed by atoms with Crippen LogP contribution in [0.3, 0.4) is 0 Å². The molecule has 0 amide bonds.